The molecule has 114 valence electrons. The SMILES string of the molecule is O=C(CC1CCNCC1)Nc1cccc(N2CCCC2)c1. The molecule has 0 spiro atoms. The minimum atomic E-state index is 0.153. The van der Waals surface area contributed by atoms with E-state index >= 15 is 0 Å². The molecule has 0 aromatic heterocycles. The molecule has 2 aliphatic heterocycles. The summed E-state index contributed by atoms with van der Waals surface area (Å²) in [6.07, 6.45) is 5.41. The third-order valence-corrected chi connectivity index (χ3v) is 4.53. The smallest absolute Gasteiger partial charge is 0.224 e. The van der Waals surface area contributed by atoms with Gasteiger partial charge in [-0.1, -0.05) is 6.07 Å². The highest BCUT2D eigenvalue weighted by molar-refractivity contribution is 5.91. The molecular weight excluding hydrogens is 262 g/mol. The number of amides is 1. The van der Waals surface area contributed by atoms with Crippen LogP contribution < -0.4 is 15.5 Å². The largest absolute Gasteiger partial charge is 0.371 e. The fourth-order valence-electron chi connectivity index (χ4n) is 3.32. The van der Waals surface area contributed by atoms with E-state index in [-0.39, 0.29) is 5.91 Å². The Morgan fingerprint density at radius 1 is 1.24 bits per heavy atom. The first-order valence-corrected chi connectivity index (χ1v) is 8.17. The second-order valence-corrected chi connectivity index (χ2v) is 6.19. The Bertz CT molecular complexity index is 477. The number of carbonyl (C=O) groups excluding carboxylic acids is 1. The number of hydrogen-bond donors (Lipinski definition) is 2. The molecular formula is C17H25N3O. The average Bonchev–Trinajstić information content (AvgIpc) is 3.02. The first-order valence-electron chi connectivity index (χ1n) is 8.17. The van der Waals surface area contributed by atoms with Crippen LogP contribution in [0.15, 0.2) is 24.3 Å². The average molecular weight is 287 g/mol. The lowest BCUT2D eigenvalue weighted by atomic mass is 9.94. The molecule has 2 heterocycles. The van der Waals surface area contributed by atoms with Crippen molar-refractivity contribution >= 4 is 17.3 Å². The second-order valence-electron chi connectivity index (χ2n) is 6.19. The zero-order valence-electron chi connectivity index (χ0n) is 12.6. The number of rotatable bonds is 4. The van der Waals surface area contributed by atoms with E-state index in [0.29, 0.717) is 12.3 Å². The summed E-state index contributed by atoms with van der Waals surface area (Å²) in [4.78, 5) is 14.6. The molecule has 21 heavy (non-hydrogen) atoms. The van der Waals surface area contributed by atoms with E-state index in [1.165, 1.54) is 18.5 Å². The topological polar surface area (TPSA) is 44.4 Å². The lowest BCUT2D eigenvalue weighted by Crippen LogP contribution is -2.30. The predicted molar refractivity (Wildman–Crippen MR) is 86.7 cm³/mol. The third kappa shape index (κ3) is 3.97. The number of nitrogens with zero attached hydrogens (tertiary/aromatic N) is 1. The van der Waals surface area contributed by atoms with Crippen molar-refractivity contribution in [3.05, 3.63) is 24.3 Å². The molecule has 0 aliphatic carbocycles. The Hall–Kier alpha value is -1.55. The van der Waals surface area contributed by atoms with Crippen molar-refractivity contribution in [2.45, 2.75) is 32.1 Å². The minimum Gasteiger partial charge on any atom is -0.371 e. The van der Waals surface area contributed by atoms with Crippen LogP contribution in [-0.4, -0.2) is 32.1 Å². The Kier molecular flexibility index (Phi) is 4.76. The van der Waals surface area contributed by atoms with E-state index in [1.807, 2.05) is 12.1 Å². The van der Waals surface area contributed by atoms with Gasteiger partial charge in [0.15, 0.2) is 0 Å². The quantitative estimate of drug-likeness (QED) is 0.894. The summed E-state index contributed by atoms with van der Waals surface area (Å²) in [7, 11) is 0. The van der Waals surface area contributed by atoms with E-state index in [0.717, 1.165) is 44.7 Å². The van der Waals surface area contributed by atoms with Crippen LogP contribution in [0.25, 0.3) is 0 Å². The van der Waals surface area contributed by atoms with E-state index in [1.54, 1.807) is 0 Å². The van der Waals surface area contributed by atoms with Crippen molar-refractivity contribution in [2.75, 3.05) is 36.4 Å². The van der Waals surface area contributed by atoms with Crippen molar-refractivity contribution < 1.29 is 4.79 Å². The Morgan fingerprint density at radius 3 is 2.76 bits per heavy atom. The highest BCUT2D eigenvalue weighted by atomic mass is 16.1. The summed E-state index contributed by atoms with van der Waals surface area (Å²) in [6, 6.07) is 8.26. The minimum absolute atomic E-state index is 0.153. The third-order valence-electron chi connectivity index (χ3n) is 4.53. The Labute approximate surface area is 126 Å². The van der Waals surface area contributed by atoms with Gasteiger partial charge in [0.25, 0.3) is 0 Å². The van der Waals surface area contributed by atoms with Crippen molar-refractivity contribution in [1.82, 2.24) is 5.32 Å². The van der Waals surface area contributed by atoms with Crippen LogP contribution in [0.5, 0.6) is 0 Å². The van der Waals surface area contributed by atoms with Crippen LogP contribution in [-0.2, 0) is 4.79 Å². The van der Waals surface area contributed by atoms with E-state index in [9.17, 15) is 4.79 Å². The van der Waals surface area contributed by atoms with Gasteiger partial charge >= 0.3 is 0 Å². The van der Waals surface area contributed by atoms with Crippen LogP contribution in [0.3, 0.4) is 0 Å². The maximum Gasteiger partial charge on any atom is 0.224 e. The normalized spacial score (nSPS) is 19.7. The lowest BCUT2D eigenvalue weighted by Gasteiger charge is -2.22. The fraction of sp³-hybridized carbons (Fsp3) is 0.588. The number of nitrogens with one attached hydrogen (secondary N) is 2. The Balaban J connectivity index is 1.56. The molecule has 1 aromatic rings. The van der Waals surface area contributed by atoms with Crippen LogP contribution in [0.2, 0.25) is 0 Å². The molecule has 2 N–H and O–H groups in total. The predicted octanol–water partition coefficient (Wildman–Crippen LogP) is 2.62. The second kappa shape index (κ2) is 6.94. The van der Waals surface area contributed by atoms with Gasteiger partial charge < -0.3 is 15.5 Å². The summed E-state index contributed by atoms with van der Waals surface area (Å²) in [5.41, 5.74) is 2.16. The highest BCUT2D eigenvalue weighted by Crippen LogP contribution is 2.24. The molecule has 0 saturated carbocycles. The molecule has 4 heteroatoms. The van der Waals surface area contributed by atoms with Crippen LogP contribution >= 0.6 is 0 Å². The molecule has 1 amide bonds. The van der Waals surface area contributed by atoms with Crippen molar-refractivity contribution in [1.29, 1.82) is 0 Å². The molecule has 4 nitrogen and oxygen atoms in total. The van der Waals surface area contributed by atoms with Gasteiger partial charge in [-0.05, 0) is 62.9 Å². The summed E-state index contributed by atoms with van der Waals surface area (Å²) < 4.78 is 0. The van der Waals surface area contributed by atoms with E-state index in [2.05, 4.69) is 27.7 Å². The Morgan fingerprint density at radius 2 is 2.00 bits per heavy atom. The van der Waals surface area contributed by atoms with Gasteiger partial charge in [-0.2, -0.15) is 0 Å². The molecule has 2 saturated heterocycles. The van der Waals surface area contributed by atoms with Gasteiger partial charge in [0, 0.05) is 30.9 Å². The molecule has 2 aliphatic rings. The van der Waals surface area contributed by atoms with Crippen LogP contribution in [0, 0.1) is 5.92 Å². The lowest BCUT2D eigenvalue weighted by molar-refractivity contribution is -0.117. The van der Waals surface area contributed by atoms with Crippen LogP contribution in [0.4, 0.5) is 11.4 Å². The van der Waals surface area contributed by atoms with E-state index in [4.69, 9.17) is 0 Å². The van der Waals surface area contributed by atoms with Crippen molar-refractivity contribution in [2.24, 2.45) is 5.92 Å². The fourth-order valence-corrected chi connectivity index (χ4v) is 3.32. The van der Waals surface area contributed by atoms with Gasteiger partial charge in [0.1, 0.15) is 0 Å². The molecule has 2 fully saturated rings. The van der Waals surface area contributed by atoms with Crippen LogP contribution in [0.1, 0.15) is 32.1 Å². The molecule has 0 radical (unpaired) electrons. The van der Waals surface area contributed by atoms with Crippen molar-refractivity contribution in [3.8, 4) is 0 Å². The van der Waals surface area contributed by atoms with Gasteiger partial charge in [-0.25, -0.2) is 0 Å². The molecule has 3 rings (SSSR count). The molecule has 0 bridgehead atoms. The maximum absolute atomic E-state index is 12.2. The van der Waals surface area contributed by atoms with Gasteiger partial charge in [-0.3, -0.25) is 4.79 Å². The first-order chi connectivity index (χ1) is 10.3. The summed E-state index contributed by atoms with van der Waals surface area (Å²) in [5, 5.41) is 6.41. The number of carbonyl (C=O) groups is 1. The number of anilines is 2. The van der Waals surface area contributed by atoms with Gasteiger partial charge in [-0.15, -0.1) is 0 Å². The van der Waals surface area contributed by atoms with Gasteiger partial charge in [0.2, 0.25) is 5.91 Å². The summed E-state index contributed by atoms with van der Waals surface area (Å²) in [5.74, 6) is 0.688. The summed E-state index contributed by atoms with van der Waals surface area (Å²) in [6.45, 7) is 4.35. The van der Waals surface area contributed by atoms with Gasteiger partial charge in [0.05, 0.1) is 0 Å². The number of hydrogen-bond acceptors (Lipinski definition) is 3. The first kappa shape index (κ1) is 14.4. The number of benzene rings is 1. The summed E-state index contributed by atoms with van der Waals surface area (Å²) >= 11 is 0. The highest BCUT2D eigenvalue weighted by Gasteiger charge is 2.17. The van der Waals surface area contributed by atoms with E-state index < -0.39 is 0 Å². The monoisotopic (exact) mass is 287 g/mol. The zero-order chi connectivity index (χ0) is 14.5. The molecule has 1 aromatic carbocycles. The molecule has 0 atom stereocenters. The standard InChI is InChI=1S/C17H25N3O/c21-17(12-14-6-8-18-9-7-14)19-15-4-3-5-16(13-15)20-10-1-2-11-20/h3-5,13-14,18H,1-2,6-12H2,(H,19,21). The molecule has 0 unspecified atom stereocenters. The zero-order valence-corrected chi connectivity index (χ0v) is 12.6. The number of piperidine rings is 1. The maximum atomic E-state index is 12.2. The van der Waals surface area contributed by atoms with Crippen molar-refractivity contribution in [3.63, 3.8) is 0 Å².